The molecule has 1 aliphatic heterocycles. The second-order valence-corrected chi connectivity index (χ2v) is 5.27. The summed E-state index contributed by atoms with van der Waals surface area (Å²) in [4.78, 5) is 2.34. The van der Waals surface area contributed by atoms with Crippen LogP contribution in [-0.4, -0.2) is 30.6 Å². The van der Waals surface area contributed by atoms with Gasteiger partial charge in [-0.25, -0.2) is 0 Å². The summed E-state index contributed by atoms with van der Waals surface area (Å²) in [7, 11) is 0. The van der Waals surface area contributed by atoms with Crippen LogP contribution in [0, 0.1) is 0 Å². The van der Waals surface area contributed by atoms with Gasteiger partial charge in [0, 0.05) is 24.0 Å². The second kappa shape index (κ2) is 5.91. The summed E-state index contributed by atoms with van der Waals surface area (Å²) in [5.74, 6) is 0. The Bertz CT molecular complexity index is 453. The van der Waals surface area contributed by atoms with Gasteiger partial charge in [-0.3, -0.25) is 4.90 Å². The molecule has 2 rings (SSSR count). The zero-order valence-corrected chi connectivity index (χ0v) is 11.5. The summed E-state index contributed by atoms with van der Waals surface area (Å²) >= 11 is 0. The maximum atomic E-state index is 12.8. The lowest BCUT2D eigenvalue weighted by Gasteiger charge is -2.24. The Morgan fingerprint density at radius 3 is 2.55 bits per heavy atom. The number of nitrogens with zero attached hydrogens (tertiary/aromatic N) is 1. The lowest BCUT2D eigenvalue weighted by Crippen LogP contribution is -2.35. The molecule has 0 radical (unpaired) electrons. The van der Waals surface area contributed by atoms with Gasteiger partial charge in [0.25, 0.3) is 0 Å². The van der Waals surface area contributed by atoms with E-state index in [9.17, 15) is 13.2 Å². The highest BCUT2D eigenvalue weighted by Gasteiger charge is 2.33. The van der Waals surface area contributed by atoms with Gasteiger partial charge in [0.15, 0.2) is 0 Å². The minimum absolute atomic E-state index is 0.240. The normalized spacial score (nSPS) is 18.2. The van der Waals surface area contributed by atoms with Crippen molar-refractivity contribution in [2.24, 2.45) is 0 Å². The highest BCUT2D eigenvalue weighted by molar-refractivity contribution is 5.58. The van der Waals surface area contributed by atoms with E-state index in [1.165, 1.54) is 18.9 Å². The third-order valence-electron chi connectivity index (χ3n) is 3.72. The van der Waals surface area contributed by atoms with E-state index in [0.29, 0.717) is 18.3 Å². The van der Waals surface area contributed by atoms with E-state index in [1.807, 2.05) is 0 Å². The number of nitrogen functional groups attached to an aromatic ring is 1. The van der Waals surface area contributed by atoms with E-state index >= 15 is 0 Å². The van der Waals surface area contributed by atoms with Crippen LogP contribution in [0.2, 0.25) is 0 Å². The van der Waals surface area contributed by atoms with Crippen LogP contribution >= 0.6 is 0 Å². The predicted octanol–water partition coefficient (Wildman–Crippen LogP) is 3.18. The fraction of sp³-hybridized carbons (Fsp3) is 0.571. The van der Waals surface area contributed by atoms with E-state index in [-0.39, 0.29) is 5.69 Å². The summed E-state index contributed by atoms with van der Waals surface area (Å²) in [6, 6.07) is 4.27. The van der Waals surface area contributed by atoms with Crippen LogP contribution in [0.5, 0.6) is 0 Å². The van der Waals surface area contributed by atoms with Crippen molar-refractivity contribution in [3.63, 3.8) is 0 Å². The van der Waals surface area contributed by atoms with E-state index in [1.54, 1.807) is 6.07 Å². The zero-order valence-electron chi connectivity index (χ0n) is 11.5. The summed E-state index contributed by atoms with van der Waals surface area (Å²) in [5.41, 5.74) is 4.81. The van der Waals surface area contributed by atoms with Crippen molar-refractivity contribution < 1.29 is 13.2 Å². The molecule has 1 atom stereocenters. The Balaban J connectivity index is 1.99. The molecule has 112 valence electrons. The molecule has 1 heterocycles. The lowest BCUT2D eigenvalue weighted by atomic mass is 10.1. The van der Waals surface area contributed by atoms with Crippen molar-refractivity contribution >= 4 is 11.4 Å². The minimum Gasteiger partial charge on any atom is -0.398 e. The van der Waals surface area contributed by atoms with Crippen molar-refractivity contribution in [2.45, 2.75) is 32.0 Å². The summed E-state index contributed by atoms with van der Waals surface area (Å²) in [6.07, 6.45) is -2.02. The first-order chi connectivity index (χ1) is 9.38. The first-order valence-corrected chi connectivity index (χ1v) is 6.82. The van der Waals surface area contributed by atoms with Crippen LogP contribution in [0.4, 0.5) is 24.5 Å². The number of anilines is 2. The van der Waals surface area contributed by atoms with Crippen LogP contribution in [0.15, 0.2) is 18.2 Å². The molecule has 3 nitrogen and oxygen atoms in total. The summed E-state index contributed by atoms with van der Waals surface area (Å²) < 4.78 is 38.3. The topological polar surface area (TPSA) is 41.3 Å². The van der Waals surface area contributed by atoms with Crippen LogP contribution in [0.3, 0.4) is 0 Å². The molecule has 1 unspecified atom stereocenters. The molecule has 3 N–H and O–H groups in total. The molecule has 0 saturated carbocycles. The number of hydrogen-bond acceptors (Lipinski definition) is 3. The lowest BCUT2D eigenvalue weighted by molar-refractivity contribution is -0.136. The van der Waals surface area contributed by atoms with Gasteiger partial charge >= 0.3 is 6.18 Å². The van der Waals surface area contributed by atoms with Crippen LogP contribution < -0.4 is 11.1 Å². The van der Waals surface area contributed by atoms with Gasteiger partial charge in [-0.15, -0.1) is 0 Å². The van der Waals surface area contributed by atoms with Gasteiger partial charge in [-0.05, 0) is 51.1 Å². The van der Waals surface area contributed by atoms with Crippen molar-refractivity contribution in [2.75, 3.05) is 30.7 Å². The molecule has 1 aromatic carbocycles. The van der Waals surface area contributed by atoms with Crippen molar-refractivity contribution in [3.8, 4) is 0 Å². The largest absolute Gasteiger partial charge is 0.418 e. The fourth-order valence-corrected chi connectivity index (χ4v) is 2.49. The molecule has 1 aromatic rings. The van der Waals surface area contributed by atoms with Gasteiger partial charge in [0.2, 0.25) is 0 Å². The van der Waals surface area contributed by atoms with E-state index in [2.05, 4.69) is 17.1 Å². The number of rotatable bonds is 4. The Kier molecular flexibility index (Phi) is 4.42. The highest BCUT2D eigenvalue weighted by Crippen LogP contribution is 2.35. The Morgan fingerprint density at radius 2 is 1.95 bits per heavy atom. The minimum atomic E-state index is -4.41. The molecule has 20 heavy (non-hydrogen) atoms. The Morgan fingerprint density at radius 1 is 1.30 bits per heavy atom. The third kappa shape index (κ3) is 3.56. The molecule has 0 amide bonds. The molecule has 0 aromatic heterocycles. The van der Waals surface area contributed by atoms with Gasteiger partial charge in [-0.1, -0.05) is 0 Å². The van der Waals surface area contributed by atoms with Gasteiger partial charge in [0.1, 0.15) is 0 Å². The first kappa shape index (κ1) is 15.0. The van der Waals surface area contributed by atoms with Crippen molar-refractivity contribution in [3.05, 3.63) is 23.8 Å². The number of nitrogens with two attached hydrogens (primary N) is 1. The molecule has 0 spiro atoms. The molecular formula is C14H20F3N3. The SMILES string of the molecule is CC(CNc1ccc(N)c(C(F)(F)F)c1)N1CCCC1. The molecule has 1 aliphatic rings. The molecule has 0 bridgehead atoms. The van der Waals surface area contributed by atoms with Crippen molar-refractivity contribution in [1.29, 1.82) is 0 Å². The average Bonchev–Trinajstić information content (AvgIpc) is 2.90. The number of benzene rings is 1. The van der Waals surface area contributed by atoms with E-state index in [0.717, 1.165) is 19.2 Å². The van der Waals surface area contributed by atoms with E-state index < -0.39 is 11.7 Å². The van der Waals surface area contributed by atoms with Crippen LogP contribution in [-0.2, 0) is 6.18 Å². The first-order valence-electron chi connectivity index (χ1n) is 6.82. The standard InChI is InChI=1S/C14H20F3N3/c1-10(20-6-2-3-7-20)9-19-11-4-5-13(18)12(8-11)14(15,16)17/h4-5,8,10,19H,2-3,6-7,9,18H2,1H3. The summed E-state index contributed by atoms with van der Waals surface area (Å²) in [6.45, 7) is 4.85. The molecule has 1 fully saturated rings. The smallest absolute Gasteiger partial charge is 0.398 e. The molecule has 1 saturated heterocycles. The fourth-order valence-electron chi connectivity index (χ4n) is 2.49. The predicted molar refractivity (Wildman–Crippen MR) is 74.6 cm³/mol. The molecule has 6 heteroatoms. The van der Waals surface area contributed by atoms with Gasteiger partial charge < -0.3 is 11.1 Å². The maximum absolute atomic E-state index is 12.8. The average molecular weight is 287 g/mol. The van der Waals surface area contributed by atoms with Gasteiger partial charge in [0.05, 0.1) is 5.56 Å². The number of halogens is 3. The number of likely N-dealkylation sites (tertiary alicyclic amines) is 1. The van der Waals surface area contributed by atoms with Crippen LogP contribution in [0.25, 0.3) is 0 Å². The van der Waals surface area contributed by atoms with Crippen LogP contribution in [0.1, 0.15) is 25.3 Å². The summed E-state index contributed by atoms with van der Waals surface area (Å²) in [5, 5.41) is 3.06. The molecular weight excluding hydrogens is 267 g/mol. The Labute approximate surface area is 116 Å². The van der Waals surface area contributed by atoms with E-state index in [4.69, 9.17) is 5.73 Å². The zero-order chi connectivity index (χ0) is 14.8. The molecule has 0 aliphatic carbocycles. The maximum Gasteiger partial charge on any atom is 0.418 e. The highest BCUT2D eigenvalue weighted by atomic mass is 19.4. The quantitative estimate of drug-likeness (QED) is 0.836. The Hall–Kier alpha value is -1.43. The monoisotopic (exact) mass is 287 g/mol. The third-order valence-corrected chi connectivity index (χ3v) is 3.72. The van der Waals surface area contributed by atoms with Crippen molar-refractivity contribution in [1.82, 2.24) is 4.90 Å². The number of alkyl halides is 3. The van der Waals surface area contributed by atoms with Gasteiger partial charge in [-0.2, -0.15) is 13.2 Å². The number of hydrogen-bond donors (Lipinski definition) is 2. The number of nitrogens with one attached hydrogen (secondary N) is 1. The second-order valence-electron chi connectivity index (χ2n) is 5.27.